The fourth-order valence-electron chi connectivity index (χ4n) is 5.81. The molecular formula is C37H70N3. The zero-order chi connectivity index (χ0) is 28.8. The molecule has 1 aromatic rings. The first-order valence-corrected chi connectivity index (χ1v) is 18.3. The predicted octanol–water partition coefficient (Wildman–Crippen LogP) is 12.3. The maximum atomic E-state index is 4.83. The highest BCUT2D eigenvalue weighted by Crippen LogP contribution is 2.15. The minimum Gasteiger partial charge on any atom is -0.218 e. The summed E-state index contributed by atoms with van der Waals surface area (Å²) in [5.74, 6) is 2.90. The molecule has 0 saturated carbocycles. The van der Waals surface area contributed by atoms with Gasteiger partial charge in [0.25, 0.3) is 0 Å². The van der Waals surface area contributed by atoms with Gasteiger partial charge in [-0.15, -0.1) is 0 Å². The Kier molecular flexibility index (Phi) is 27.3. The van der Waals surface area contributed by atoms with Gasteiger partial charge in [0.1, 0.15) is 17.5 Å². The van der Waals surface area contributed by atoms with Gasteiger partial charge < -0.3 is 0 Å². The molecule has 0 aliphatic heterocycles. The zero-order valence-electron chi connectivity index (χ0n) is 27.5. The average Bonchev–Trinajstić information content (AvgIpc) is 2.97. The second kappa shape index (κ2) is 29.5. The van der Waals surface area contributed by atoms with Crippen LogP contribution in [-0.2, 0) is 19.3 Å². The largest absolute Gasteiger partial charge is 0.218 e. The van der Waals surface area contributed by atoms with Gasteiger partial charge in [-0.2, -0.15) is 0 Å². The molecule has 0 saturated heterocycles. The first kappa shape index (κ1) is 37.0. The summed E-state index contributed by atoms with van der Waals surface area (Å²) < 4.78 is 0. The number of aryl methyl sites for hydroxylation is 2. The summed E-state index contributed by atoms with van der Waals surface area (Å²) in [7, 11) is 0. The van der Waals surface area contributed by atoms with E-state index in [1.54, 1.807) is 0 Å². The van der Waals surface area contributed by atoms with E-state index in [1.807, 2.05) is 0 Å². The third kappa shape index (κ3) is 23.7. The molecule has 0 aliphatic rings. The van der Waals surface area contributed by atoms with Crippen LogP contribution in [0.3, 0.4) is 0 Å². The number of nitrogens with zero attached hydrogens (tertiary/aromatic N) is 3. The molecule has 0 aromatic carbocycles. The van der Waals surface area contributed by atoms with Crippen LogP contribution in [0, 0.1) is 6.92 Å². The van der Waals surface area contributed by atoms with Gasteiger partial charge >= 0.3 is 0 Å². The van der Waals surface area contributed by atoms with Gasteiger partial charge in [-0.25, -0.2) is 15.0 Å². The number of hydrogen-bond donors (Lipinski definition) is 0. The maximum absolute atomic E-state index is 4.83. The van der Waals surface area contributed by atoms with Gasteiger partial charge in [-0.1, -0.05) is 181 Å². The van der Waals surface area contributed by atoms with Crippen LogP contribution in [0.2, 0.25) is 0 Å². The molecule has 233 valence electrons. The van der Waals surface area contributed by atoms with Crippen molar-refractivity contribution in [3.05, 3.63) is 24.4 Å². The molecule has 1 radical (unpaired) electrons. The van der Waals surface area contributed by atoms with Crippen molar-refractivity contribution in [2.75, 3.05) is 0 Å². The molecule has 3 nitrogen and oxygen atoms in total. The van der Waals surface area contributed by atoms with Gasteiger partial charge in [0, 0.05) is 19.3 Å². The SMILES string of the molecule is [CH2]Cc1nc(CCCCCCCCCCCCCCCC)nc(CCCCCCCCCCCCCCCC)n1. The van der Waals surface area contributed by atoms with Crippen LogP contribution in [0.15, 0.2) is 0 Å². The Balaban J connectivity index is 2.01. The molecule has 1 aromatic heterocycles. The Labute approximate surface area is 251 Å². The molecule has 0 aliphatic carbocycles. The van der Waals surface area contributed by atoms with Gasteiger partial charge in [-0.3, -0.25) is 0 Å². The second-order valence-corrected chi connectivity index (χ2v) is 12.5. The van der Waals surface area contributed by atoms with E-state index in [-0.39, 0.29) is 0 Å². The maximum Gasteiger partial charge on any atom is 0.132 e. The van der Waals surface area contributed by atoms with E-state index >= 15 is 0 Å². The van der Waals surface area contributed by atoms with Crippen LogP contribution in [-0.4, -0.2) is 15.0 Å². The second-order valence-electron chi connectivity index (χ2n) is 12.5. The lowest BCUT2D eigenvalue weighted by Gasteiger charge is -2.07. The van der Waals surface area contributed by atoms with E-state index in [0.717, 1.165) is 30.3 Å². The lowest BCUT2D eigenvalue weighted by molar-refractivity contribution is 0.532. The summed E-state index contributed by atoms with van der Waals surface area (Å²) in [5.41, 5.74) is 0. The summed E-state index contributed by atoms with van der Waals surface area (Å²) in [6, 6.07) is 0. The quantitative estimate of drug-likeness (QED) is 0.0853. The minimum absolute atomic E-state index is 0.667. The van der Waals surface area contributed by atoms with Crippen molar-refractivity contribution in [2.24, 2.45) is 0 Å². The van der Waals surface area contributed by atoms with Crippen LogP contribution in [0.5, 0.6) is 0 Å². The minimum atomic E-state index is 0.667. The molecule has 0 spiro atoms. The van der Waals surface area contributed by atoms with Crippen molar-refractivity contribution >= 4 is 0 Å². The molecule has 0 N–H and O–H groups in total. The Morgan fingerprint density at radius 3 is 0.800 bits per heavy atom. The third-order valence-corrected chi connectivity index (χ3v) is 8.51. The van der Waals surface area contributed by atoms with Gasteiger partial charge in [0.05, 0.1) is 0 Å². The van der Waals surface area contributed by atoms with Crippen molar-refractivity contribution < 1.29 is 0 Å². The fourth-order valence-corrected chi connectivity index (χ4v) is 5.81. The van der Waals surface area contributed by atoms with Crippen LogP contribution in [0.4, 0.5) is 0 Å². The van der Waals surface area contributed by atoms with Crippen molar-refractivity contribution in [1.29, 1.82) is 0 Å². The van der Waals surface area contributed by atoms with Crippen LogP contribution in [0.1, 0.15) is 211 Å². The van der Waals surface area contributed by atoms with E-state index in [1.165, 1.54) is 180 Å². The van der Waals surface area contributed by atoms with Crippen LogP contribution in [0.25, 0.3) is 0 Å². The molecule has 0 bridgehead atoms. The average molecular weight is 557 g/mol. The molecular weight excluding hydrogens is 486 g/mol. The molecule has 1 rings (SSSR count). The Morgan fingerprint density at radius 1 is 0.325 bits per heavy atom. The van der Waals surface area contributed by atoms with E-state index < -0.39 is 0 Å². The lowest BCUT2D eigenvalue weighted by atomic mass is 10.0. The zero-order valence-corrected chi connectivity index (χ0v) is 27.5. The summed E-state index contributed by atoms with van der Waals surface area (Å²) in [6.45, 7) is 8.63. The third-order valence-electron chi connectivity index (χ3n) is 8.51. The molecule has 0 unspecified atom stereocenters. The van der Waals surface area contributed by atoms with Crippen LogP contribution >= 0.6 is 0 Å². The number of rotatable bonds is 31. The van der Waals surface area contributed by atoms with E-state index in [2.05, 4.69) is 30.7 Å². The first-order valence-electron chi connectivity index (χ1n) is 18.3. The molecule has 40 heavy (non-hydrogen) atoms. The van der Waals surface area contributed by atoms with E-state index in [4.69, 9.17) is 4.98 Å². The number of hydrogen-bond acceptors (Lipinski definition) is 3. The fraction of sp³-hybridized carbons (Fsp3) is 0.892. The van der Waals surface area contributed by atoms with Crippen LogP contribution < -0.4 is 0 Å². The summed E-state index contributed by atoms with van der Waals surface area (Å²) in [5, 5.41) is 0. The first-order chi connectivity index (χ1) is 19.8. The highest BCUT2D eigenvalue weighted by molar-refractivity contribution is 4.99. The highest BCUT2D eigenvalue weighted by atomic mass is 15.0. The van der Waals surface area contributed by atoms with E-state index in [9.17, 15) is 0 Å². The Morgan fingerprint density at radius 2 is 0.550 bits per heavy atom. The van der Waals surface area contributed by atoms with E-state index in [0.29, 0.717) is 6.42 Å². The number of unbranched alkanes of at least 4 members (excludes halogenated alkanes) is 26. The molecule has 1 heterocycles. The van der Waals surface area contributed by atoms with Gasteiger partial charge in [0.2, 0.25) is 0 Å². The Bertz CT molecular complexity index is 594. The topological polar surface area (TPSA) is 38.7 Å². The normalized spacial score (nSPS) is 11.5. The van der Waals surface area contributed by atoms with Gasteiger partial charge in [0.15, 0.2) is 0 Å². The standard InChI is InChI=1S/C37H70N3/c1-4-7-9-11-13-15-17-19-21-23-25-27-29-31-33-36-38-35(6-3)39-37(40-36)34-32-30-28-26-24-22-20-18-16-14-12-10-8-5-2/h3-34H2,1-2H3. The lowest BCUT2D eigenvalue weighted by Crippen LogP contribution is -2.08. The molecule has 0 fully saturated rings. The summed E-state index contributed by atoms with van der Waals surface area (Å²) in [4.78, 5) is 14.2. The summed E-state index contributed by atoms with van der Waals surface area (Å²) in [6.07, 6.45) is 41.8. The summed E-state index contributed by atoms with van der Waals surface area (Å²) >= 11 is 0. The van der Waals surface area contributed by atoms with Crippen molar-refractivity contribution in [3.8, 4) is 0 Å². The Hall–Kier alpha value is -0.990. The molecule has 3 heteroatoms. The van der Waals surface area contributed by atoms with Crippen molar-refractivity contribution in [1.82, 2.24) is 15.0 Å². The van der Waals surface area contributed by atoms with Crippen molar-refractivity contribution in [2.45, 2.75) is 213 Å². The smallest absolute Gasteiger partial charge is 0.132 e. The van der Waals surface area contributed by atoms with Gasteiger partial charge in [-0.05, 0) is 19.8 Å². The molecule has 0 amide bonds. The predicted molar refractivity (Wildman–Crippen MR) is 177 cm³/mol. The monoisotopic (exact) mass is 557 g/mol. The van der Waals surface area contributed by atoms with Crippen molar-refractivity contribution in [3.63, 3.8) is 0 Å². The highest BCUT2D eigenvalue weighted by Gasteiger charge is 2.06. The molecule has 0 atom stereocenters. The number of aromatic nitrogens is 3.